The summed E-state index contributed by atoms with van der Waals surface area (Å²) in [5.74, 6) is -0.710. The molecule has 0 radical (unpaired) electrons. The molecule has 1 saturated heterocycles. The highest BCUT2D eigenvalue weighted by molar-refractivity contribution is 5.93. The summed E-state index contributed by atoms with van der Waals surface area (Å²) in [6, 6.07) is 6.53. The summed E-state index contributed by atoms with van der Waals surface area (Å²) in [7, 11) is 1.71. The van der Waals surface area contributed by atoms with Crippen LogP contribution in [0.2, 0.25) is 0 Å². The van der Waals surface area contributed by atoms with Gasteiger partial charge in [-0.15, -0.1) is 0 Å². The average Bonchev–Trinajstić information content (AvgIpc) is 3.26. The molecule has 41 heavy (non-hydrogen) atoms. The van der Waals surface area contributed by atoms with Gasteiger partial charge in [-0.3, -0.25) is 4.68 Å². The minimum atomic E-state index is -0.691. The maximum Gasteiger partial charge on any atom is 0.410 e. The molecule has 12 heteroatoms. The molecule has 3 aromatic heterocycles. The van der Waals surface area contributed by atoms with E-state index in [9.17, 15) is 13.6 Å². The van der Waals surface area contributed by atoms with Crippen LogP contribution < -0.4 is 10.2 Å². The Balaban J connectivity index is 1.30. The molecule has 1 aliphatic rings. The van der Waals surface area contributed by atoms with Crippen LogP contribution in [-0.2, 0) is 11.8 Å². The Kier molecular flexibility index (Phi) is 7.33. The molecule has 0 aliphatic carbocycles. The number of carbonyl (C=O) groups excluding carboxylic acids is 1. The number of benzene rings is 1. The van der Waals surface area contributed by atoms with Crippen molar-refractivity contribution in [2.45, 2.75) is 33.3 Å². The molecular formula is C29H32F2N8O2. The molecule has 214 valence electrons. The second-order valence-corrected chi connectivity index (χ2v) is 11.0. The molecule has 4 aromatic rings. The zero-order valence-electron chi connectivity index (χ0n) is 23.7. The van der Waals surface area contributed by atoms with Crippen LogP contribution in [0.4, 0.5) is 31.0 Å². The van der Waals surface area contributed by atoms with Crippen molar-refractivity contribution in [1.29, 1.82) is 0 Å². The van der Waals surface area contributed by atoms with Crippen molar-refractivity contribution in [2.75, 3.05) is 36.4 Å². The van der Waals surface area contributed by atoms with Crippen LogP contribution in [0.25, 0.3) is 27.7 Å². The predicted octanol–water partition coefficient (Wildman–Crippen LogP) is 5.54. The van der Waals surface area contributed by atoms with E-state index in [1.807, 2.05) is 26.8 Å². The van der Waals surface area contributed by atoms with Crippen LogP contribution in [0.3, 0.4) is 0 Å². The lowest BCUT2D eigenvalue weighted by molar-refractivity contribution is 0.0240. The molecule has 1 aromatic carbocycles. The zero-order valence-corrected chi connectivity index (χ0v) is 23.7. The fraction of sp³-hybridized carbons (Fsp3) is 0.345. The van der Waals surface area contributed by atoms with E-state index < -0.39 is 17.2 Å². The number of fused-ring (bicyclic) bond motifs is 1. The number of carbonyl (C=O) groups is 1. The van der Waals surface area contributed by atoms with Crippen molar-refractivity contribution in [2.24, 2.45) is 7.05 Å². The van der Waals surface area contributed by atoms with Gasteiger partial charge in [0, 0.05) is 44.2 Å². The maximum atomic E-state index is 15.0. The first kappa shape index (κ1) is 27.9. The molecule has 4 heterocycles. The maximum absolute atomic E-state index is 15.0. The van der Waals surface area contributed by atoms with Crippen LogP contribution in [0.5, 0.6) is 0 Å². The average molecular weight is 563 g/mol. The highest BCUT2D eigenvalue weighted by Gasteiger charge is 2.26. The molecule has 1 fully saturated rings. The van der Waals surface area contributed by atoms with E-state index in [2.05, 4.69) is 36.8 Å². The summed E-state index contributed by atoms with van der Waals surface area (Å²) < 4.78 is 36.8. The summed E-state index contributed by atoms with van der Waals surface area (Å²) in [5, 5.41) is 7.75. The van der Waals surface area contributed by atoms with Crippen LogP contribution >= 0.6 is 0 Å². The number of ether oxygens (including phenoxy) is 1. The van der Waals surface area contributed by atoms with Gasteiger partial charge in [0.15, 0.2) is 11.6 Å². The van der Waals surface area contributed by atoms with Crippen molar-refractivity contribution < 1.29 is 18.3 Å². The largest absolute Gasteiger partial charge is 0.444 e. The number of amides is 1. The molecule has 5 rings (SSSR count). The summed E-state index contributed by atoms with van der Waals surface area (Å²) in [6.45, 7) is 13.7. The molecule has 0 spiro atoms. The van der Waals surface area contributed by atoms with Crippen LogP contribution in [-0.4, -0.2) is 67.5 Å². The third-order valence-electron chi connectivity index (χ3n) is 6.60. The number of aryl methyl sites for hydroxylation is 1. The number of allylic oxidation sites excluding steroid dienone is 1. The van der Waals surface area contributed by atoms with Crippen LogP contribution in [0.15, 0.2) is 43.2 Å². The lowest BCUT2D eigenvalue weighted by Crippen LogP contribution is -2.50. The van der Waals surface area contributed by atoms with Crippen molar-refractivity contribution in [3.8, 4) is 11.3 Å². The molecule has 1 N–H and O–H groups in total. The third-order valence-corrected chi connectivity index (χ3v) is 6.60. The van der Waals surface area contributed by atoms with Crippen LogP contribution in [0.1, 0.15) is 33.4 Å². The van der Waals surface area contributed by atoms with Crippen molar-refractivity contribution >= 4 is 40.0 Å². The summed E-state index contributed by atoms with van der Waals surface area (Å²) in [5.41, 5.74) is 2.10. The number of hydrogen-bond acceptors (Lipinski definition) is 8. The zero-order chi connectivity index (χ0) is 29.5. The van der Waals surface area contributed by atoms with E-state index in [1.165, 1.54) is 6.07 Å². The fourth-order valence-electron chi connectivity index (χ4n) is 4.76. The number of pyridine rings is 1. The third kappa shape index (κ3) is 5.96. The summed E-state index contributed by atoms with van der Waals surface area (Å²) in [4.78, 5) is 29.0. The standard InChI is InChI=1S/C29H32F2N8O2/c1-17(2)26-20-13-18(14-21(30)25(20)36-37(26)6)24-22(31)16-33-27(35-24)34-23-8-7-19(15-32-23)38-9-11-39(12-10-38)28(40)41-29(3,4)5/h7-8,13-16H,1,9-12H2,2-6H3,(H,32,33,34,35). The lowest BCUT2D eigenvalue weighted by Gasteiger charge is -2.36. The number of piperazine rings is 1. The molecule has 0 bridgehead atoms. The quantitative estimate of drug-likeness (QED) is 0.339. The number of halogens is 2. The van der Waals surface area contributed by atoms with Gasteiger partial charge in [-0.05, 0) is 57.5 Å². The number of nitrogens with one attached hydrogen (secondary N) is 1. The Hall–Kier alpha value is -4.61. The van der Waals surface area contributed by atoms with E-state index in [0.29, 0.717) is 48.7 Å². The van der Waals surface area contributed by atoms with Gasteiger partial charge < -0.3 is 19.9 Å². The molecule has 0 atom stereocenters. The van der Waals surface area contributed by atoms with Gasteiger partial charge in [0.2, 0.25) is 5.95 Å². The molecule has 1 aliphatic heterocycles. The second-order valence-electron chi connectivity index (χ2n) is 11.0. The SMILES string of the molecule is C=C(C)c1c2cc(-c3nc(Nc4ccc(N5CCN(C(=O)OC(C)(C)C)CC5)cn4)ncc3F)cc(F)c2nn1C. The normalized spacial score (nSPS) is 13.9. The highest BCUT2D eigenvalue weighted by atomic mass is 19.1. The van der Waals surface area contributed by atoms with Gasteiger partial charge in [0.05, 0.1) is 23.8 Å². The predicted molar refractivity (Wildman–Crippen MR) is 154 cm³/mol. The summed E-state index contributed by atoms with van der Waals surface area (Å²) >= 11 is 0. The minimum absolute atomic E-state index is 0.0562. The highest BCUT2D eigenvalue weighted by Crippen LogP contribution is 2.32. The number of anilines is 3. The van der Waals surface area contributed by atoms with Crippen LogP contribution in [0, 0.1) is 11.6 Å². The van der Waals surface area contributed by atoms with Gasteiger partial charge in [-0.25, -0.2) is 28.5 Å². The van der Waals surface area contributed by atoms with Crippen molar-refractivity contribution in [3.05, 3.63) is 60.6 Å². The van der Waals surface area contributed by atoms with E-state index in [1.54, 1.807) is 41.9 Å². The van der Waals surface area contributed by atoms with Gasteiger partial charge in [-0.1, -0.05) is 6.58 Å². The Morgan fingerprint density at radius 1 is 1.05 bits per heavy atom. The molecular weight excluding hydrogens is 530 g/mol. The number of nitrogens with zero attached hydrogens (tertiary/aromatic N) is 7. The van der Waals surface area contributed by atoms with Crippen molar-refractivity contribution in [3.63, 3.8) is 0 Å². The smallest absolute Gasteiger partial charge is 0.410 e. The van der Waals surface area contributed by atoms with E-state index in [0.717, 1.165) is 11.9 Å². The topological polar surface area (TPSA) is 101 Å². The molecule has 0 saturated carbocycles. The Morgan fingerprint density at radius 3 is 2.41 bits per heavy atom. The van der Waals surface area contributed by atoms with E-state index in [-0.39, 0.29) is 28.8 Å². The number of hydrogen-bond donors (Lipinski definition) is 1. The number of aromatic nitrogens is 5. The minimum Gasteiger partial charge on any atom is -0.444 e. The molecule has 10 nitrogen and oxygen atoms in total. The first-order valence-corrected chi connectivity index (χ1v) is 13.2. The fourth-order valence-corrected chi connectivity index (χ4v) is 4.76. The second kappa shape index (κ2) is 10.8. The first-order chi connectivity index (χ1) is 19.4. The molecule has 1 amide bonds. The Bertz CT molecular complexity index is 1620. The van der Waals surface area contributed by atoms with Gasteiger partial charge >= 0.3 is 6.09 Å². The van der Waals surface area contributed by atoms with Gasteiger partial charge in [0.1, 0.15) is 22.6 Å². The van der Waals surface area contributed by atoms with Crippen molar-refractivity contribution in [1.82, 2.24) is 29.6 Å². The van der Waals surface area contributed by atoms with E-state index >= 15 is 0 Å². The lowest BCUT2D eigenvalue weighted by atomic mass is 10.0. The van der Waals surface area contributed by atoms with Gasteiger partial charge in [-0.2, -0.15) is 5.10 Å². The Morgan fingerprint density at radius 2 is 1.78 bits per heavy atom. The Labute approximate surface area is 236 Å². The van der Waals surface area contributed by atoms with E-state index in [4.69, 9.17) is 4.74 Å². The van der Waals surface area contributed by atoms with Gasteiger partial charge in [0.25, 0.3) is 0 Å². The summed E-state index contributed by atoms with van der Waals surface area (Å²) in [6.07, 6.45) is 2.43. The molecule has 0 unspecified atom stereocenters. The monoisotopic (exact) mass is 562 g/mol. The number of rotatable bonds is 5. The first-order valence-electron chi connectivity index (χ1n) is 13.2.